The Bertz CT molecular complexity index is 227. The predicted octanol–water partition coefficient (Wildman–Crippen LogP) is 3.23. The van der Waals surface area contributed by atoms with Crippen LogP contribution in [0.2, 0.25) is 0 Å². The molecule has 1 fully saturated rings. The summed E-state index contributed by atoms with van der Waals surface area (Å²) in [6.07, 6.45) is 2.55. The first-order chi connectivity index (χ1) is 8.53. The van der Waals surface area contributed by atoms with E-state index in [4.69, 9.17) is 0 Å². The second-order valence-corrected chi connectivity index (χ2v) is 7.29. The summed E-state index contributed by atoms with van der Waals surface area (Å²) in [4.78, 5) is 2.71. The lowest BCUT2D eigenvalue weighted by Crippen LogP contribution is -2.50. The first-order valence-corrected chi connectivity index (χ1v) is 8.73. The van der Waals surface area contributed by atoms with E-state index in [9.17, 15) is 0 Å². The first-order valence-electron chi connectivity index (χ1n) is 7.58. The van der Waals surface area contributed by atoms with E-state index in [2.05, 4.69) is 56.6 Å². The third-order valence-corrected chi connectivity index (χ3v) is 5.62. The normalized spacial score (nSPS) is 22.7. The average molecular weight is 273 g/mol. The molecule has 1 unspecified atom stereocenters. The van der Waals surface area contributed by atoms with E-state index in [-0.39, 0.29) is 0 Å². The monoisotopic (exact) mass is 272 g/mol. The van der Waals surface area contributed by atoms with Gasteiger partial charge in [-0.1, -0.05) is 27.7 Å². The molecule has 3 heteroatoms. The van der Waals surface area contributed by atoms with Crippen molar-refractivity contribution in [1.82, 2.24) is 10.2 Å². The molecule has 108 valence electrons. The molecule has 0 amide bonds. The molecule has 0 aromatic rings. The zero-order valence-electron chi connectivity index (χ0n) is 13.0. The Morgan fingerprint density at radius 2 is 2.00 bits per heavy atom. The standard InChI is InChI=1S/C15H32N2S/c1-6-15(7-2,11-16-13(3)4)12-17-8-9-18-10-14(17)5/h13-14,16H,6-12H2,1-5H3. The highest BCUT2D eigenvalue weighted by Gasteiger charge is 2.31. The van der Waals surface area contributed by atoms with Crippen LogP contribution < -0.4 is 5.32 Å². The van der Waals surface area contributed by atoms with Gasteiger partial charge in [0.05, 0.1) is 0 Å². The van der Waals surface area contributed by atoms with Crippen LogP contribution in [0.25, 0.3) is 0 Å². The van der Waals surface area contributed by atoms with Crippen molar-refractivity contribution in [2.24, 2.45) is 5.41 Å². The van der Waals surface area contributed by atoms with Crippen LogP contribution in [0, 0.1) is 5.41 Å². The molecule has 1 aliphatic rings. The topological polar surface area (TPSA) is 15.3 Å². The first kappa shape index (κ1) is 16.3. The molecule has 0 saturated carbocycles. The summed E-state index contributed by atoms with van der Waals surface area (Å²) >= 11 is 2.11. The van der Waals surface area contributed by atoms with Crippen molar-refractivity contribution in [2.45, 2.75) is 59.5 Å². The highest BCUT2D eigenvalue weighted by Crippen LogP contribution is 2.29. The average Bonchev–Trinajstić information content (AvgIpc) is 2.37. The van der Waals surface area contributed by atoms with Crippen LogP contribution in [0.5, 0.6) is 0 Å². The van der Waals surface area contributed by atoms with Crippen LogP contribution in [0.3, 0.4) is 0 Å². The zero-order chi connectivity index (χ0) is 13.6. The largest absolute Gasteiger partial charge is 0.314 e. The predicted molar refractivity (Wildman–Crippen MR) is 84.5 cm³/mol. The second-order valence-electron chi connectivity index (χ2n) is 6.14. The molecule has 1 atom stereocenters. The van der Waals surface area contributed by atoms with Crippen LogP contribution in [0.15, 0.2) is 0 Å². The van der Waals surface area contributed by atoms with Gasteiger partial charge in [-0.15, -0.1) is 0 Å². The summed E-state index contributed by atoms with van der Waals surface area (Å²) in [7, 11) is 0. The lowest BCUT2D eigenvalue weighted by atomic mass is 9.81. The maximum atomic E-state index is 3.66. The van der Waals surface area contributed by atoms with E-state index < -0.39 is 0 Å². The van der Waals surface area contributed by atoms with Gasteiger partial charge in [0.15, 0.2) is 0 Å². The van der Waals surface area contributed by atoms with Crippen LogP contribution in [-0.2, 0) is 0 Å². The Kier molecular flexibility index (Phi) is 7.04. The Hall–Kier alpha value is 0.270. The molecule has 2 nitrogen and oxygen atoms in total. The van der Waals surface area contributed by atoms with Crippen LogP contribution >= 0.6 is 11.8 Å². The van der Waals surface area contributed by atoms with Crippen molar-refractivity contribution < 1.29 is 0 Å². The Morgan fingerprint density at radius 3 is 2.50 bits per heavy atom. The van der Waals surface area contributed by atoms with Crippen molar-refractivity contribution in [3.05, 3.63) is 0 Å². The molecule has 0 spiro atoms. The van der Waals surface area contributed by atoms with Crippen molar-refractivity contribution in [3.8, 4) is 0 Å². The van der Waals surface area contributed by atoms with Gasteiger partial charge in [-0.05, 0) is 25.2 Å². The van der Waals surface area contributed by atoms with E-state index in [1.165, 1.54) is 37.4 Å². The van der Waals surface area contributed by atoms with Gasteiger partial charge in [0, 0.05) is 43.2 Å². The molecule has 1 aliphatic heterocycles. The number of hydrogen-bond donors (Lipinski definition) is 1. The molecule has 1 saturated heterocycles. The van der Waals surface area contributed by atoms with E-state index in [0.717, 1.165) is 12.6 Å². The molecule has 1 N–H and O–H groups in total. The highest BCUT2D eigenvalue weighted by atomic mass is 32.2. The molecule has 0 aromatic heterocycles. The van der Waals surface area contributed by atoms with Crippen molar-refractivity contribution >= 4 is 11.8 Å². The van der Waals surface area contributed by atoms with Gasteiger partial charge in [0.2, 0.25) is 0 Å². The van der Waals surface area contributed by atoms with Crippen molar-refractivity contribution in [1.29, 1.82) is 0 Å². The summed E-state index contributed by atoms with van der Waals surface area (Å²) in [5.74, 6) is 2.62. The van der Waals surface area contributed by atoms with Gasteiger partial charge in [-0.3, -0.25) is 4.90 Å². The van der Waals surface area contributed by atoms with Gasteiger partial charge < -0.3 is 5.32 Å². The minimum Gasteiger partial charge on any atom is -0.314 e. The summed E-state index contributed by atoms with van der Waals surface area (Å²) < 4.78 is 0. The maximum absolute atomic E-state index is 3.66. The molecular weight excluding hydrogens is 240 g/mol. The third kappa shape index (κ3) is 4.75. The van der Waals surface area contributed by atoms with Crippen molar-refractivity contribution in [2.75, 3.05) is 31.1 Å². The van der Waals surface area contributed by atoms with Gasteiger partial charge in [-0.2, -0.15) is 11.8 Å². The Balaban J connectivity index is 2.59. The number of nitrogens with one attached hydrogen (secondary N) is 1. The van der Waals surface area contributed by atoms with Crippen LogP contribution in [0.1, 0.15) is 47.5 Å². The van der Waals surface area contributed by atoms with E-state index in [1.54, 1.807) is 0 Å². The fourth-order valence-electron chi connectivity index (χ4n) is 2.63. The Labute approximate surface area is 118 Å². The molecule has 0 bridgehead atoms. The number of rotatable bonds is 7. The van der Waals surface area contributed by atoms with Crippen LogP contribution in [0.4, 0.5) is 0 Å². The van der Waals surface area contributed by atoms with Gasteiger partial charge in [0.1, 0.15) is 0 Å². The minimum absolute atomic E-state index is 0.459. The van der Waals surface area contributed by atoms with Gasteiger partial charge in [-0.25, -0.2) is 0 Å². The van der Waals surface area contributed by atoms with E-state index in [1.807, 2.05) is 0 Å². The molecule has 0 aliphatic carbocycles. The molecule has 1 heterocycles. The fourth-order valence-corrected chi connectivity index (χ4v) is 3.71. The fraction of sp³-hybridized carbons (Fsp3) is 1.00. The lowest BCUT2D eigenvalue weighted by Gasteiger charge is -2.42. The molecule has 0 radical (unpaired) electrons. The number of nitrogens with zero attached hydrogens (tertiary/aromatic N) is 1. The van der Waals surface area contributed by atoms with Crippen LogP contribution in [-0.4, -0.2) is 48.1 Å². The summed E-state index contributed by atoms with van der Waals surface area (Å²) in [5.41, 5.74) is 0.459. The zero-order valence-corrected chi connectivity index (χ0v) is 13.8. The maximum Gasteiger partial charge on any atom is 0.0158 e. The second kappa shape index (κ2) is 7.76. The minimum atomic E-state index is 0.459. The van der Waals surface area contributed by atoms with Gasteiger partial charge in [0.25, 0.3) is 0 Å². The molecular formula is C15H32N2S. The summed E-state index contributed by atoms with van der Waals surface area (Å²) in [5, 5.41) is 3.66. The Morgan fingerprint density at radius 1 is 1.33 bits per heavy atom. The summed E-state index contributed by atoms with van der Waals surface area (Å²) in [6, 6.07) is 1.34. The number of hydrogen-bond acceptors (Lipinski definition) is 3. The molecule has 18 heavy (non-hydrogen) atoms. The van der Waals surface area contributed by atoms with Gasteiger partial charge >= 0.3 is 0 Å². The smallest absolute Gasteiger partial charge is 0.0158 e. The highest BCUT2D eigenvalue weighted by molar-refractivity contribution is 7.99. The molecule has 1 rings (SSSR count). The van der Waals surface area contributed by atoms with Crippen molar-refractivity contribution in [3.63, 3.8) is 0 Å². The summed E-state index contributed by atoms with van der Waals surface area (Å²) in [6.45, 7) is 15.3. The SMILES string of the molecule is CCC(CC)(CNC(C)C)CN1CCSCC1C. The van der Waals surface area contributed by atoms with E-state index >= 15 is 0 Å². The lowest BCUT2D eigenvalue weighted by molar-refractivity contribution is 0.112. The number of thioether (sulfide) groups is 1. The quantitative estimate of drug-likeness (QED) is 0.766. The van der Waals surface area contributed by atoms with E-state index in [0.29, 0.717) is 11.5 Å². The molecule has 0 aromatic carbocycles. The third-order valence-electron chi connectivity index (χ3n) is 4.43.